The lowest BCUT2D eigenvalue weighted by Crippen LogP contribution is -2.45. The summed E-state index contributed by atoms with van der Waals surface area (Å²) in [7, 11) is 7.68. The highest BCUT2D eigenvalue weighted by Gasteiger charge is 2.22. The number of hydrogen-bond donors (Lipinski definition) is 2. The van der Waals surface area contributed by atoms with Gasteiger partial charge in [0.15, 0.2) is 5.96 Å². The molecular formula is C21H32N4OS. The number of guanidine groups is 1. The van der Waals surface area contributed by atoms with Crippen LogP contribution in [0, 0.1) is 0 Å². The maximum Gasteiger partial charge on any atom is 0.191 e. The van der Waals surface area contributed by atoms with Crippen molar-refractivity contribution in [3.63, 3.8) is 0 Å². The number of rotatable bonds is 8. The van der Waals surface area contributed by atoms with Gasteiger partial charge in [0.1, 0.15) is 5.75 Å². The molecule has 5 nitrogen and oxygen atoms in total. The van der Waals surface area contributed by atoms with Gasteiger partial charge in [-0.3, -0.25) is 4.99 Å². The van der Waals surface area contributed by atoms with Gasteiger partial charge in [0, 0.05) is 30.4 Å². The van der Waals surface area contributed by atoms with Crippen LogP contribution in [0.5, 0.6) is 5.75 Å². The average molecular weight is 389 g/mol. The van der Waals surface area contributed by atoms with Gasteiger partial charge in [-0.05, 0) is 43.2 Å². The first-order valence-corrected chi connectivity index (χ1v) is 10.0. The SMILES string of the molecule is CN=C(NCC(c1cccc(OC)c1)N(C)C)NCC(C)(C)c1cccs1. The van der Waals surface area contributed by atoms with Crippen molar-refractivity contribution in [2.24, 2.45) is 4.99 Å². The third kappa shape index (κ3) is 5.97. The van der Waals surface area contributed by atoms with Crippen molar-refractivity contribution < 1.29 is 4.74 Å². The fourth-order valence-corrected chi connectivity index (χ4v) is 3.77. The maximum absolute atomic E-state index is 5.37. The summed E-state index contributed by atoms with van der Waals surface area (Å²) in [5.74, 6) is 1.69. The molecule has 1 aromatic heterocycles. The van der Waals surface area contributed by atoms with Crippen molar-refractivity contribution in [2.45, 2.75) is 25.3 Å². The summed E-state index contributed by atoms with van der Waals surface area (Å²) in [6.45, 7) is 6.06. The lowest BCUT2D eigenvalue weighted by molar-refractivity contribution is 0.297. The van der Waals surface area contributed by atoms with E-state index < -0.39 is 0 Å². The molecule has 0 saturated carbocycles. The fourth-order valence-electron chi connectivity index (χ4n) is 2.92. The van der Waals surface area contributed by atoms with Gasteiger partial charge in [-0.25, -0.2) is 0 Å². The highest BCUT2D eigenvalue weighted by atomic mass is 32.1. The first kappa shape index (κ1) is 21.3. The molecule has 1 aromatic carbocycles. The predicted molar refractivity (Wildman–Crippen MR) is 116 cm³/mol. The molecule has 2 rings (SSSR count). The van der Waals surface area contributed by atoms with Crippen LogP contribution in [-0.2, 0) is 5.41 Å². The quantitative estimate of drug-likeness (QED) is 0.537. The van der Waals surface area contributed by atoms with Gasteiger partial charge in [-0.2, -0.15) is 0 Å². The monoisotopic (exact) mass is 388 g/mol. The maximum atomic E-state index is 5.37. The van der Waals surface area contributed by atoms with E-state index in [1.165, 1.54) is 10.4 Å². The largest absolute Gasteiger partial charge is 0.497 e. The van der Waals surface area contributed by atoms with Crippen molar-refractivity contribution >= 4 is 17.3 Å². The normalized spacial score (nSPS) is 13.5. The summed E-state index contributed by atoms with van der Waals surface area (Å²) in [6, 6.07) is 12.7. The molecule has 0 aliphatic rings. The molecule has 0 fully saturated rings. The molecule has 2 N–H and O–H groups in total. The number of ether oxygens (including phenoxy) is 1. The summed E-state index contributed by atoms with van der Waals surface area (Å²) < 4.78 is 5.37. The first-order valence-electron chi connectivity index (χ1n) is 9.16. The van der Waals surface area contributed by atoms with Crippen molar-refractivity contribution in [2.75, 3.05) is 41.3 Å². The number of aliphatic imine (C=N–C) groups is 1. The van der Waals surface area contributed by atoms with Gasteiger partial charge < -0.3 is 20.3 Å². The first-order chi connectivity index (χ1) is 12.9. The molecule has 0 spiro atoms. The smallest absolute Gasteiger partial charge is 0.191 e. The fraction of sp³-hybridized carbons (Fsp3) is 0.476. The molecule has 148 valence electrons. The zero-order valence-corrected chi connectivity index (χ0v) is 18.1. The van der Waals surface area contributed by atoms with Gasteiger partial charge in [0.25, 0.3) is 0 Å². The molecule has 2 aromatic rings. The standard InChI is InChI=1S/C21H32N4OS/c1-21(2,19-11-8-12-27-19)15-24-20(22-3)23-14-18(25(4)5)16-9-7-10-17(13-16)26-6/h7-13,18H,14-15H2,1-6H3,(H2,22,23,24). The number of hydrogen-bond acceptors (Lipinski definition) is 4. The Balaban J connectivity index is 1.98. The van der Waals surface area contributed by atoms with Crippen molar-refractivity contribution in [1.82, 2.24) is 15.5 Å². The Hall–Kier alpha value is -2.05. The summed E-state index contributed by atoms with van der Waals surface area (Å²) in [4.78, 5) is 7.95. The van der Waals surface area contributed by atoms with E-state index in [-0.39, 0.29) is 11.5 Å². The Kier molecular flexibility index (Phi) is 7.68. The van der Waals surface area contributed by atoms with E-state index in [9.17, 15) is 0 Å². The van der Waals surface area contributed by atoms with E-state index >= 15 is 0 Å². The average Bonchev–Trinajstić information content (AvgIpc) is 3.20. The third-order valence-electron chi connectivity index (χ3n) is 4.67. The minimum Gasteiger partial charge on any atom is -0.497 e. The molecular weight excluding hydrogens is 356 g/mol. The van der Waals surface area contributed by atoms with Crippen LogP contribution in [0.15, 0.2) is 46.8 Å². The Labute approximate surface area is 167 Å². The topological polar surface area (TPSA) is 48.9 Å². The predicted octanol–water partition coefficient (Wildman–Crippen LogP) is 3.50. The third-order valence-corrected chi connectivity index (χ3v) is 5.91. The van der Waals surface area contributed by atoms with Gasteiger partial charge in [-0.1, -0.05) is 32.0 Å². The van der Waals surface area contributed by atoms with E-state index in [2.05, 4.69) is 78.1 Å². The van der Waals surface area contributed by atoms with Crippen molar-refractivity contribution in [3.05, 3.63) is 52.2 Å². The molecule has 0 aliphatic carbocycles. The van der Waals surface area contributed by atoms with Crippen LogP contribution in [0.25, 0.3) is 0 Å². The zero-order valence-electron chi connectivity index (χ0n) is 17.2. The van der Waals surface area contributed by atoms with Crippen LogP contribution in [0.2, 0.25) is 0 Å². The molecule has 6 heteroatoms. The Morgan fingerprint density at radius 1 is 1.22 bits per heavy atom. The second kappa shape index (κ2) is 9.76. The summed E-state index contributed by atoms with van der Waals surface area (Å²) >= 11 is 1.79. The molecule has 1 atom stereocenters. The summed E-state index contributed by atoms with van der Waals surface area (Å²) in [5.41, 5.74) is 1.26. The van der Waals surface area contributed by atoms with Crippen LogP contribution in [-0.4, -0.2) is 52.2 Å². The van der Waals surface area contributed by atoms with Crippen LogP contribution in [0.1, 0.15) is 30.3 Å². The molecule has 0 aliphatic heterocycles. The lowest BCUT2D eigenvalue weighted by atomic mass is 9.91. The Morgan fingerprint density at radius 3 is 2.59 bits per heavy atom. The van der Waals surface area contributed by atoms with E-state index in [0.29, 0.717) is 0 Å². The zero-order chi connectivity index (χ0) is 19.9. The van der Waals surface area contributed by atoms with E-state index in [1.807, 2.05) is 19.2 Å². The Morgan fingerprint density at radius 2 is 2.00 bits per heavy atom. The molecule has 0 saturated heterocycles. The highest BCUT2D eigenvalue weighted by molar-refractivity contribution is 7.10. The van der Waals surface area contributed by atoms with Crippen LogP contribution in [0.3, 0.4) is 0 Å². The van der Waals surface area contributed by atoms with Crippen LogP contribution in [0.4, 0.5) is 0 Å². The minimum atomic E-state index is 0.0551. The van der Waals surface area contributed by atoms with Gasteiger partial charge >= 0.3 is 0 Å². The number of methoxy groups -OCH3 is 1. The Bertz CT molecular complexity index is 726. The number of likely N-dealkylation sites (N-methyl/N-ethyl adjacent to an activating group) is 1. The van der Waals surface area contributed by atoms with Crippen LogP contribution < -0.4 is 15.4 Å². The molecule has 27 heavy (non-hydrogen) atoms. The highest BCUT2D eigenvalue weighted by Crippen LogP contribution is 2.26. The number of nitrogens with zero attached hydrogens (tertiary/aromatic N) is 2. The number of nitrogens with one attached hydrogen (secondary N) is 2. The van der Waals surface area contributed by atoms with Gasteiger partial charge in [0.05, 0.1) is 13.2 Å². The number of thiophene rings is 1. The molecule has 1 unspecified atom stereocenters. The summed E-state index contributed by atoms with van der Waals surface area (Å²) in [5, 5.41) is 9.06. The lowest BCUT2D eigenvalue weighted by Gasteiger charge is -2.28. The minimum absolute atomic E-state index is 0.0551. The van der Waals surface area contributed by atoms with E-state index in [4.69, 9.17) is 4.74 Å². The van der Waals surface area contributed by atoms with Crippen molar-refractivity contribution in [1.29, 1.82) is 0 Å². The van der Waals surface area contributed by atoms with E-state index in [0.717, 1.165) is 24.8 Å². The van der Waals surface area contributed by atoms with Crippen LogP contribution >= 0.6 is 11.3 Å². The number of benzene rings is 1. The molecule has 1 heterocycles. The second-order valence-corrected chi connectivity index (χ2v) is 8.37. The van der Waals surface area contributed by atoms with E-state index in [1.54, 1.807) is 18.4 Å². The molecule has 0 radical (unpaired) electrons. The van der Waals surface area contributed by atoms with Crippen molar-refractivity contribution in [3.8, 4) is 5.75 Å². The molecule has 0 bridgehead atoms. The van der Waals surface area contributed by atoms with Gasteiger partial charge in [-0.15, -0.1) is 11.3 Å². The van der Waals surface area contributed by atoms with Gasteiger partial charge in [0.2, 0.25) is 0 Å². The molecule has 0 amide bonds. The summed E-state index contributed by atoms with van der Waals surface area (Å²) in [6.07, 6.45) is 0. The second-order valence-electron chi connectivity index (χ2n) is 7.42.